The zero-order valence-corrected chi connectivity index (χ0v) is 9.80. The Morgan fingerprint density at radius 1 is 1.33 bits per heavy atom. The van der Waals surface area contributed by atoms with Gasteiger partial charge in [-0.1, -0.05) is 6.07 Å². The first-order valence-electron chi connectivity index (χ1n) is 4.09. The van der Waals surface area contributed by atoms with Crippen molar-refractivity contribution in [3.8, 4) is 0 Å². The smallest absolute Gasteiger partial charge is 0.323 e. The number of aryl methyl sites for hydroxylation is 1. The molecule has 0 aliphatic rings. The topological polar surface area (TPSA) is 17.8 Å². The molecule has 6 heteroatoms. The molecule has 0 fully saturated rings. The van der Waals surface area contributed by atoms with Crippen LogP contribution in [-0.4, -0.2) is 9.55 Å². The van der Waals surface area contributed by atoms with Gasteiger partial charge in [0.1, 0.15) is 0 Å². The molecule has 1 aromatic heterocycles. The molecule has 0 bridgehead atoms. The molecule has 0 N–H and O–H groups in total. The Bertz CT molecular complexity index is 516. The third-order valence-electron chi connectivity index (χ3n) is 2.10. The molecular formula is C9H6F3IN2. The molecule has 0 atom stereocenters. The number of nitrogens with zero attached hydrogens (tertiary/aromatic N) is 2. The molecule has 0 unspecified atom stereocenters. The van der Waals surface area contributed by atoms with Gasteiger partial charge in [-0.3, -0.25) is 0 Å². The lowest BCUT2D eigenvalue weighted by atomic mass is 10.3. The number of hydrogen-bond acceptors (Lipinski definition) is 1. The van der Waals surface area contributed by atoms with Crippen LogP contribution in [-0.2, 0) is 13.2 Å². The summed E-state index contributed by atoms with van der Waals surface area (Å²) >= 11 is 2.00. The van der Waals surface area contributed by atoms with Gasteiger partial charge in [0.05, 0.1) is 11.0 Å². The molecule has 0 saturated heterocycles. The van der Waals surface area contributed by atoms with Gasteiger partial charge in [0.2, 0.25) is 5.82 Å². The maximum absolute atomic E-state index is 12.5. The van der Waals surface area contributed by atoms with E-state index in [1.54, 1.807) is 18.2 Å². The molecule has 0 spiro atoms. The monoisotopic (exact) mass is 326 g/mol. The average Bonchev–Trinajstić information content (AvgIpc) is 2.44. The van der Waals surface area contributed by atoms with Gasteiger partial charge in [0.15, 0.2) is 0 Å². The molecule has 0 radical (unpaired) electrons. The summed E-state index contributed by atoms with van der Waals surface area (Å²) in [7, 11) is 1.38. The standard InChI is InChI=1S/C9H6F3IN2/c1-15-7-5(13)3-2-4-6(7)14-8(15)9(10,11)12/h2-4H,1H3. The highest BCUT2D eigenvalue weighted by Gasteiger charge is 2.36. The number of aromatic nitrogens is 2. The fourth-order valence-electron chi connectivity index (χ4n) is 1.47. The summed E-state index contributed by atoms with van der Waals surface area (Å²) in [5.41, 5.74) is 0.891. The van der Waals surface area contributed by atoms with E-state index in [1.807, 2.05) is 22.6 Å². The fourth-order valence-corrected chi connectivity index (χ4v) is 2.32. The van der Waals surface area contributed by atoms with Crippen molar-refractivity contribution in [3.05, 3.63) is 27.6 Å². The lowest BCUT2D eigenvalue weighted by Crippen LogP contribution is -2.12. The van der Waals surface area contributed by atoms with Crippen molar-refractivity contribution in [2.45, 2.75) is 6.18 Å². The molecule has 1 aromatic carbocycles. The van der Waals surface area contributed by atoms with Crippen molar-refractivity contribution < 1.29 is 13.2 Å². The van der Waals surface area contributed by atoms with Crippen LogP contribution < -0.4 is 0 Å². The van der Waals surface area contributed by atoms with Crippen LogP contribution in [0.4, 0.5) is 13.2 Å². The third kappa shape index (κ3) is 1.70. The van der Waals surface area contributed by atoms with Crippen molar-refractivity contribution in [1.29, 1.82) is 0 Å². The van der Waals surface area contributed by atoms with Crippen molar-refractivity contribution in [1.82, 2.24) is 9.55 Å². The Kier molecular flexibility index (Phi) is 2.40. The number of fused-ring (bicyclic) bond motifs is 1. The average molecular weight is 326 g/mol. The summed E-state index contributed by atoms with van der Waals surface area (Å²) in [6.45, 7) is 0. The molecule has 0 saturated carbocycles. The largest absolute Gasteiger partial charge is 0.449 e. The molecule has 1 heterocycles. The second-order valence-electron chi connectivity index (χ2n) is 3.10. The predicted octanol–water partition coefficient (Wildman–Crippen LogP) is 3.20. The quantitative estimate of drug-likeness (QED) is 0.680. The Labute approximate surface area is 97.2 Å². The van der Waals surface area contributed by atoms with Crippen LogP contribution in [0.3, 0.4) is 0 Å². The van der Waals surface area contributed by atoms with Crippen LogP contribution in [0.2, 0.25) is 0 Å². The van der Waals surface area contributed by atoms with Gasteiger partial charge >= 0.3 is 6.18 Å². The lowest BCUT2D eigenvalue weighted by Gasteiger charge is -2.05. The van der Waals surface area contributed by atoms with Gasteiger partial charge in [0, 0.05) is 10.6 Å². The summed E-state index contributed by atoms with van der Waals surface area (Å²) in [4.78, 5) is 3.58. The van der Waals surface area contributed by atoms with Gasteiger partial charge in [-0.25, -0.2) is 4.98 Å². The van der Waals surface area contributed by atoms with Crippen LogP contribution in [0.1, 0.15) is 5.82 Å². The second kappa shape index (κ2) is 3.36. The highest BCUT2D eigenvalue weighted by Crippen LogP contribution is 2.31. The van der Waals surface area contributed by atoms with Gasteiger partial charge in [0.25, 0.3) is 0 Å². The van der Waals surface area contributed by atoms with E-state index in [0.29, 0.717) is 11.0 Å². The first-order valence-corrected chi connectivity index (χ1v) is 5.17. The molecular weight excluding hydrogens is 320 g/mol. The van der Waals surface area contributed by atoms with Gasteiger partial charge in [-0.2, -0.15) is 13.2 Å². The minimum Gasteiger partial charge on any atom is -0.323 e. The van der Waals surface area contributed by atoms with Crippen LogP contribution in [0.25, 0.3) is 11.0 Å². The minimum atomic E-state index is -4.41. The van der Waals surface area contributed by atoms with Gasteiger partial charge < -0.3 is 4.57 Å². The molecule has 0 aliphatic carbocycles. The molecule has 2 rings (SSSR count). The normalized spacial score (nSPS) is 12.3. The number of hydrogen-bond donors (Lipinski definition) is 0. The summed E-state index contributed by atoms with van der Waals surface area (Å²) in [6.07, 6.45) is -4.41. The molecule has 2 nitrogen and oxygen atoms in total. The summed E-state index contributed by atoms with van der Waals surface area (Å²) < 4.78 is 39.4. The van der Waals surface area contributed by atoms with Crippen LogP contribution in [0.5, 0.6) is 0 Å². The summed E-state index contributed by atoms with van der Waals surface area (Å²) in [5.74, 6) is -0.860. The number of rotatable bonds is 0. The first-order chi connectivity index (χ1) is 6.91. The number of halogens is 4. The molecule has 80 valence electrons. The number of para-hydroxylation sites is 1. The highest BCUT2D eigenvalue weighted by molar-refractivity contribution is 14.1. The van der Waals surface area contributed by atoms with Crippen molar-refractivity contribution in [3.63, 3.8) is 0 Å². The van der Waals surface area contributed by atoms with E-state index in [0.717, 1.165) is 8.14 Å². The van der Waals surface area contributed by atoms with Gasteiger partial charge in [-0.05, 0) is 34.7 Å². The maximum atomic E-state index is 12.5. The van der Waals surface area contributed by atoms with E-state index < -0.39 is 12.0 Å². The SMILES string of the molecule is Cn1c(C(F)(F)F)nc2cccc(I)c21. The van der Waals surface area contributed by atoms with E-state index in [1.165, 1.54) is 7.05 Å². The minimum absolute atomic E-state index is 0.372. The zero-order valence-electron chi connectivity index (χ0n) is 7.64. The molecule has 15 heavy (non-hydrogen) atoms. The number of alkyl halides is 3. The Morgan fingerprint density at radius 2 is 2.00 bits per heavy atom. The second-order valence-corrected chi connectivity index (χ2v) is 4.26. The van der Waals surface area contributed by atoms with Crippen molar-refractivity contribution in [2.75, 3.05) is 0 Å². The zero-order chi connectivity index (χ0) is 11.2. The van der Waals surface area contributed by atoms with Crippen LogP contribution >= 0.6 is 22.6 Å². The maximum Gasteiger partial charge on any atom is 0.449 e. The van der Waals surface area contributed by atoms with Crippen molar-refractivity contribution in [2.24, 2.45) is 7.05 Å². The number of benzene rings is 1. The van der Waals surface area contributed by atoms with E-state index in [9.17, 15) is 13.2 Å². The fraction of sp³-hybridized carbons (Fsp3) is 0.222. The van der Waals surface area contributed by atoms with Crippen molar-refractivity contribution >= 4 is 33.6 Å². The van der Waals surface area contributed by atoms with Crippen LogP contribution in [0, 0.1) is 3.57 Å². The number of imidazole rings is 1. The van der Waals surface area contributed by atoms with E-state index in [2.05, 4.69) is 4.98 Å². The lowest BCUT2D eigenvalue weighted by molar-refractivity contribution is -0.146. The highest BCUT2D eigenvalue weighted by atomic mass is 127. The van der Waals surface area contributed by atoms with Crippen LogP contribution in [0.15, 0.2) is 18.2 Å². The van der Waals surface area contributed by atoms with E-state index >= 15 is 0 Å². The summed E-state index contributed by atoms with van der Waals surface area (Å²) in [5, 5.41) is 0. The third-order valence-corrected chi connectivity index (χ3v) is 2.97. The Hall–Kier alpha value is -0.790. The molecule has 2 aromatic rings. The van der Waals surface area contributed by atoms with Gasteiger partial charge in [-0.15, -0.1) is 0 Å². The Morgan fingerprint density at radius 3 is 2.53 bits per heavy atom. The molecule has 0 amide bonds. The van der Waals surface area contributed by atoms with E-state index in [4.69, 9.17) is 0 Å². The van der Waals surface area contributed by atoms with E-state index in [-0.39, 0.29) is 0 Å². The Balaban J connectivity index is 2.82. The first kappa shape index (κ1) is 10.7. The molecule has 0 aliphatic heterocycles. The summed E-state index contributed by atoms with van der Waals surface area (Å²) in [6, 6.07) is 5.02. The predicted molar refractivity (Wildman–Crippen MR) is 58.4 cm³/mol.